The van der Waals surface area contributed by atoms with E-state index >= 15 is 0 Å². The maximum atomic E-state index is 5.75. The van der Waals surface area contributed by atoms with Crippen molar-refractivity contribution in [3.63, 3.8) is 0 Å². The minimum absolute atomic E-state index is 0.431. The van der Waals surface area contributed by atoms with Gasteiger partial charge in [0.25, 0.3) is 0 Å². The summed E-state index contributed by atoms with van der Waals surface area (Å²) in [5.74, 6) is 2.32. The summed E-state index contributed by atoms with van der Waals surface area (Å²) < 4.78 is 0. The third-order valence-corrected chi connectivity index (χ3v) is 2.27. The molecule has 0 heterocycles. The van der Waals surface area contributed by atoms with Gasteiger partial charge in [0, 0.05) is 11.8 Å². The highest BCUT2D eigenvalue weighted by molar-refractivity contribution is 7.99. The predicted molar refractivity (Wildman–Crippen MR) is 45.9 cm³/mol. The Morgan fingerprint density at radius 1 is 1.44 bits per heavy atom. The van der Waals surface area contributed by atoms with Crippen LogP contribution in [0.1, 0.15) is 26.7 Å². The fraction of sp³-hybridized carbons (Fsp3) is 1.00. The van der Waals surface area contributed by atoms with Gasteiger partial charge in [-0.05, 0) is 12.2 Å². The molecule has 9 heavy (non-hydrogen) atoms. The molecule has 0 aliphatic carbocycles. The molecule has 0 rings (SSSR count). The van der Waals surface area contributed by atoms with Crippen molar-refractivity contribution >= 4 is 11.8 Å². The molecule has 0 saturated carbocycles. The molecule has 0 aliphatic heterocycles. The SMILES string of the molecule is CCC[C@@H](N)CSCC. The molecule has 0 saturated heterocycles. The molecule has 0 aromatic heterocycles. The molecular weight excluding hydrogens is 130 g/mol. The Morgan fingerprint density at radius 2 is 2.11 bits per heavy atom. The molecule has 0 aliphatic rings. The first-order chi connectivity index (χ1) is 4.31. The van der Waals surface area contributed by atoms with Gasteiger partial charge in [-0.2, -0.15) is 11.8 Å². The van der Waals surface area contributed by atoms with Crippen molar-refractivity contribution in [3.8, 4) is 0 Å². The van der Waals surface area contributed by atoms with Crippen molar-refractivity contribution in [2.75, 3.05) is 11.5 Å². The molecule has 0 radical (unpaired) electrons. The Labute approximate surface area is 62.4 Å². The van der Waals surface area contributed by atoms with E-state index < -0.39 is 0 Å². The average molecular weight is 147 g/mol. The van der Waals surface area contributed by atoms with Crippen LogP contribution in [-0.4, -0.2) is 17.5 Å². The van der Waals surface area contributed by atoms with E-state index in [-0.39, 0.29) is 0 Å². The van der Waals surface area contributed by atoms with Crippen molar-refractivity contribution in [1.29, 1.82) is 0 Å². The minimum atomic E-state index is 0.431. The van der Waals surface area contributed by atoms with Gasteiger partial charge in [0.15, 0.2) is 0 Å². The van der Waals surface area contributed by atoms with Crippen molar-refractivity contribution in [3.05, 3.63) is 0 Å². The third-order valence-electron chi connectivity index (χ3n) is 1.20. The lowest BCUT2D eigenvalue weighted by atomic mass is 10.2. The van der Waals surface area contributed by atoms with Gasteiger partial charge in [-0.25, -0.2) is 0 Å². The van der Waals surface area contributed by atoms with Crippen LogP contribution in [-0.2, 0) is 0 Å². The van der Waals surface area contributed by atoms with Gasteiger partial charge in [-0.1, -0.05) is 20.3 Å². The lowest BCUT2D eigenvalue weighted by molar-refractivity contribution is 0.661. The summed E-state index contributed by atoms with van der Waals surface area (Å²) in [7, 11) is 0. The number of hydrogen-bond acceptors (Lipinski definition) is 2. The summed E-state index contributed by atoms with van der Waals surface area (Å²) in [6.07, 6.45) is 2.39. The zero-order valence-electron chi connectivity index (χ0n) is 6.39. The number of hydrogen-bond donors (Lipinski definition) is 1. The largest absolute Gasteiger partial charge is 0.327 e. The van der Waals surface area contributed by atoms with Crippen LogP contribution in [0.3, 0.4) is 0 Å². The zero-order valence-corrected chi connectivity index (χ0v) is 7.21. The Hall–Kier alpha value is 0.310. The molecule has 0 fully saturated rings. The summed E-state index contributed by atoms with van der Waals surface area (Å²) in [5, 5.41) is 0. The molecule has 0 unspecified atom stereocenters. The van der Waals surface area contributed by atoms with Crippen molar-refractivity contribution in [2.45, 2.75) is 32.7 Å². The van der Waals surface area contributed by atoms with E-state index in [4.69, 9.17) is 5.73 Å². The second-order valence-electron chi connectivity index (χ2n) is 2.21. The third kappa shape index (κ3) is 6.19. The summed E-state index contributed by atoms with van der Waals surface area (Å²) in [6.45, 7) is 4.35. The molecule has 1 nitrogen and oxygen atoms in total. The van der Waals surface area contributed by atoms with E-state index in [2.05, 4.69) is 13.8 Å². The number of nitrogens with two attached hydrogens (primary N) is 1. The molecule has 0 aromatic rings. The summed E-state index contributed by atoms with van der Waals surface area (Å²) in [6, 6.07) is 0.431. The number of rotatable bonds is 5. The quantitative estimate of drug-likeness (QED) is 0.642. The molecule has 2 N–H and O–H groups in total. The molecule has 2 heteroatoms. The molecule has 0 bridgehead atoms. The minimum Gasteiger partial charge on any atom is -0.327 e. The van der Waals surface area contributed by atoms with Crippen molar-refractivity contribution < 1.29 is 0 Å². The van der Waals surface area contributed by atoms with E-state index in [0.29, 0.717) is 6.04 Å². The Bertz CT molecular complexity index is 56.9. The van der Waals surface area contributed by atoms with Crippen LogP contribution >= 0.6 is 11.8 Å². The lowest BCUT2D eigenvalue weighted by Gasteiger charge is -2.07. The van der Waals surface area contributed by atoms with Gasteiger partial charge in [-0.15, -0.1) is 0 Å². The molecular formula is C7H17NS. The fourth-order valence-electron chi connectivity index (χ4n) is 0.723. The fourth-order valence-corrected chi connectivity index (χ4v) is 1.43. The molecule has 0 amide bonds. The van der Waals surface area contributed by atoms with Gasteiger partial charge in [0.2, 0.25) is 0 Å². The predicted octanol–water partition coefficient (Wildman–Crippen LogP) is 1.87. The second-order valence-corrected chi connectivity index (χ2v) is 3.53. The van der Waals surface area contributed by atoms with E-state index in [9.17, 15) is 0 Å². The highest BCUT2D eigenvalue weighted by atomic mass is 32.2. The molecule has 1 atom stereocenters. The van der Waals surface area contributed by atoms with Gasteiger partial charge < -0.3 is 5.73 Å². The topological polar surface area (TPSA) is 26.0 Å². The molecule has 0 spiro atoms. The van der Waals surface area contributed by atoms with Crippen LogP contribution in [0.4, 0.5) is 0 Å². The maximum Gasteiger partial charge on any atom is 0.0130 e. The summed E-state index contributed by atoms with van der Waals surface area (Å²) in [4.78, 5) is 0. The standard InChI is InChI=1S/C7H17NS/c1-3-5-7(8)6-9-4-2/h7H,3-6,8H2,1-2H3/t7-/m1/s1. The first kappa shape index (κ1) is 9.31. The van der Waals surface area contributed by atoms with E-state index in [1.807, 2.05) is 11.8 Å². The smallest absolute Gasteiger partial charge is 0.0130 e. The summed E-state index contributed by atoms with van der Waals surface area (Å²) >= 11 is 1.93. The van der Waals surface area contributed by atoms with Crippen molar-refractivity contribution in [1.82, 2.24) is 0 Å². The average Bonchev–Trinajstić information content (AvgIpc) is 1.85. The van der Waals surface area contributed by atoms with Crippen LogP contribution in [0, 0.1) is 0 Å². The van der Waals surface area contributed by atoms with E-state index in [1.54, 1.807) is 0 Å². The van der Waals surface area contributed by atoms with E-state index in [1.165, 1.54) is 18.6 Å². The first-order valence-electron chi connectivity index (χ1n) is 3.64. The first-order valence-corrected chi connectivity index (χ1v) is 4.80. The highest BCUT2D eigenvalue weighted by Gasteiger charge is 1.97. The maximum absolute atomic E-state index is 5.75. The van der Waals surface area contributed by atoms with Crippen LogP contribution < -0.4 is 5.73 Å². The lowest BCUT2D eigenvalue weighted by Crippen LogP contribution is -2.22. The van der Waals surface area contributed by atoms with Crippen LogP contribution in [0.2, 0.25) is 0 Å². The van der Waals surface area contributed by atoms with Crippen LogP contribution in [0.25, 0.3) is 0 Å². The van der Waals surface area contributed by atoms with Crippen LogP contribution in [0.15, 0.2) is 0 Å². The monoisotopic (exact) mass is 147 g/mol. The zero-order chi connectivity index (χ0) is 7.11. The summed E-state index contributed by atoms with van der Waals surface area (Å²) in [5.41, 5.74) is 5.75. The Morgan fingerprint density at radius 3 is 2.56 bits per heavy atom. The Balaban J connectivity index is 2.95. The second kappa shape index (κ2) is 6.43. The molecule has 56 valence electrons. The Kier molecular flexibility index (Phi) is 6.65. The van der Waals surface area contributed by atoms with Crippen LogP contribution in [0.5, 0.6) is 0 Å². The van der Waals surface area contributed by atoms with Gasteiger partial charge >= 0.3 is 0 Å². The number of thioether (sulfide) groups is 1. The highest BCUT2D eigenvalue weighted by Crippen LogP contribution is 2.03. The van der Waals surface area contributed by atoms with Crippen molar-refractivity contribution in [2.24, 2.45) is 5.73 Å². The van der Waals surface area contributed by atoms with E-state index in [0.717, 1.165) is 5.75 Å². The normalized spacial score (nSPS) is 13.7. The van der Waals surface area contributed by atoms with Gasteiger partial charge in [0.05, 0.1) is 0 Å². The van der Waals surface area contributed by atoms with Gasteiger partial charge in [-0.3, -0.25) is 0 Å². The molecule has 0 aromatic carbocycles. The van der Waals surface area contributed by atoms with Gasteiger partial charge in [0.1, 0.15) is 0 Å².